The van der Waals surface area contributed by atoms with Gasteiger partial charge in [0.15, 0.2) is 0 Å². The number of hydrogen-bond acceptors (Lipinski definition) is 3. The average Bonchev–Trinajstić information content (AvgIpc) is 2.38. The van der Waals surface area contributed by atoms with Crippen molar-refractivity contribution in [2.75, 3.05) is 7.11 Å². The van der Waals surface area contributed by atoms with Crippen LogP contribution >= 0.6 is 0 Å². The van der Waals surface area contributed by atoms with Gasteiger partial charge < -0.3 is 9.84 Å². The summed E-state index contributed by atoms with van der Waals surface area (Å²) in [5, 5.41) is 10.1. The molecule has 0 saturated heterocycles. The van der Waals surface area contributed by atoms with Crippen LogP contribution in [0.5, 0.6) is 5.75 Å². The van der Waals surface area contributed by atoms with E-state index in [2.05, 4.69) is 4.98 Å². The van der Waals surface area contributed by atoms with Crippen molar-refractivity contribution in [3.8, 4) is 5.75 Å². The summed E-state index contributed by atoms with van der Waals surface area (Å²) in [7, 11) is 1.50. The molecule has 17 heavy (non-hydrogen) atoms. The second-order valence-electron chi connectivity index (χ2n) is 3.55. The summed E-state index contributed by atoms with van der Waals surface area (Å²) in [5.41, 5.74) is 0.822. The summed E-state index contributed by atoms with van der Waals surface area (Å²) in [4.78, 5) is 4.06. The standard InChI is InChI=1S/C13H12FNO2/c1-17-11-6-3-7-15-12(11)13(16)9-4-2-5-10(14)8-9/h2-8,13,16H,1H3. The van der Waals surface area contributed by atoms with Gasteiger partial charge in [0.1, 0.15) is 23.4 Å². The third-order valence-corrected chi connectivity index (χ3v) is 2.44. The van der Waals surface area contributed by atoms with Gasteiger partial charge in [0.25, 0.3) is 0 Å². The molecule has 0 saturated carbocycles. The SMILES string of the molecule is COc1cccnc1C(O)c1cccc(F)c1. The number of aliphatic hydroxyl groups excluding tert-OH is 1. The lowest BCUT2D eigenvalue weighted by molar-refractivity contribution is 0.209. The lowest BCUT2D eigenvalue weighted by atomic mass is 10.1. The number of aromatic nitrogens is 1. The van der Waals surface area contributed by atoms with Crippen LogP contribution in [0.1, 0.15) is 17.4 Å². The lowest BCUT2D eigenvalue weighted by Crippen LogP contribution is -2.05. The molecule has 0 spiro atoms. The Morgan fingerprint density at radius 1 is 1.29 bits per heavy atom. The Balaban J connectivity index is 2.40. The summed E-state index contributed by atoms with van der Waals surface area (Å²) in [6, 6.07) is 9.20. The Hall–Kier alpha value is -1.94. The summed E-state index contributed by atoms with van der Waals surface area (Å²) in [6.07, 6.45) is 0.558. The Bertz CT molecular complexity index is 516. The summed E-state index contributed by atoms with van der Waals surface area (Å²) in [5.74, 6) is 0.0840. The first-order valence-electron chi connectivity index (χ1n) is 5.15. The Morgan fingerprint density at radius 2 is 2.12 bits per heavy atom. The molecule has 3 nitrogen and oxygen atoms in total. The van der Waals surface area contributed by atoms with Crippen LogP contribution in [0.15, 0.2) is 42.6 Å². The molecule has 0 aliphatic rings. The molecule has 1 atom stereocenters. The number of halogens is 1. The van der Waals surface area contributed by atoms with Gasteiger partial charge in [0.2, 0.25) is 0 Å². The van der Waals surface area contributed by atoms with Gasteiger partial charge in [-0.2, -0.15) is 0 Å². The predicted molar refractivity (Wildman–Crippen MR) is 61.3 cm³/mol. The van der Waals surface area contributed by atoms with Crippen LogP contribution in [0.4, 0.5) is 4.39 Å². The molecule has 4 heteroatoms. The topological polar surface area (TPSA) is 42.4 Å². The second-order valence-corrected chi connectivity index (χ2v) is 3.55. The lowest BCUT2D eigenvalue weighted by Gasteiger charge is -2.13. The number of benzene rings is 1. The number of rotatable bonds is 3. The Kier molecular flexibility index (Phi) is 3.35. The molecule has 1 unspecified atom stereocenters. The van der Waals surface area contributed by atoms with Crippen LogP contribution in [-0.2, 0) is 0 Å². The highest BCUT2D eigenvalue weighted by Gasteiger charge is 2.16. The molecule has 0 bridgehead atoms. The smallest absolute Gasteiger partial charge is 0.143 e. The molecule has 0 radical (unpaired) electrons. The van der Waals surface area contributed by atoms with E-state index >= 15 is 0 Å². The van der Waals surface area contributed by atoms with Gasteiger partial charge in [-0.3, -0.25) is 4.98 Å². The Morgan fingerprint density at radius 3 is 2.82 bits per heavy atom. The molecule has 0 amide bonds. The predicted octanol–water partition coefficient (Wildman–Crippen LogP) is 2.31. The first kappa shape index (κ1) is 11.5. The van der Waals surface area contributed by atoms with Crippen molar-refractivity contribution in [1.82, 2.24) is 4.98 Å². The number of hydrogen-bond donors (Lipinski definition) is 1. The van der Waals surface area contributed by atoms with Gasteiger partial charge >= 0.3 is 0 Å². The number of methoxy groups -OCH3 is 1. The summed E-state index contributed by atoms with van der Waals surface area (Å²) < 4.78 is 18.2. The van der Waals surface area contributed by atoms with E-state index in [-0.39, 0.29) is 0 Å². The van der Waals surface area contributed by atoms with E-state index in [9.17, 15) is 9.50 Å². The van der Waals surface area contributed by atoms with Crippen LogP contribution in [-0.4, -0.2) is 17.2 Å². The molecule has 0 aliphatic carbocycles. The molecule has 2 rings (SSSR count). The van der Waals surface area contributed by atoms with Crippen molar-refractivity contribution >= 4 is 0 Å². The van der Waals surface area contributed by atoms with E-state index in [1.807, 2.05) is 0 Å². The van der Waals surface area contributed by atoms with Crippen LogP contribution in [0.2, 0.25) is 0 Å². The molecule has 1 aromatic heterocycles. The van der Waals surface area contributed by atoms with Crippen molar-refractivity contribution in [2.24, 2.45) is 0 Å². The monoisotopic (exact) mass is 233 g/mol. The van der Waals surface area contributed by atoms with E-state index in [1.165, 1.54) is 19.2 Å². The molecule has 2 aromatic rings. The molecule has 1 N–H and O–H groups in total. The fourth-order valence-corrected chi connectivity index (χ4v) is 1.62. The second kappa shape index (κ2) is 4.93. The maximum absolute atomic E-state index is 13.1. The number of aliphatic hydroxyl groups is 1. The van der Waals surface area contributed by atoms with Crippen LogP contribution < -0.4 is 4.74 Å². The zero-order chi connectivity index (χ0) is 12.3. The van der Waals surface area contributed by atoms with Gasteiger partial charge in [-0.1, -0.05) is 12.1 Å². The molecular weight excluding hydrogens is 221 g/mol. The van der Waals surface area contributed by atoms with E-state index in [0.717, 1.165) is 0 Å². The highest BCUT2D eigenvalue weighted by Crippen LogP contribution is 2.27. The number of nitrogens with zero attached hydrogens (tertiary/aromatic N) is 1. The maximum atomic E-state index is 13.1. The van der Waals surface area contributed by atoms with Gasteiger partial charge in [0.05, 0.1) is 7.11 Å². The minimum Gasteiger partial charge on any atom is -0.495 e. The largest absolute Gasteiger partial charge is 0.495 e. The van der Waals surface area contributed by atoms with Crippen molar-refractivity contribution in [3.05, 3.63) is 59.7 Å². The molecule has 88 valence electrons. The zero-order valence-corrected chi connectivity index (χ0v) is 9.30. The van der Waals surface area contributed by atoms with E-state index in [0.29, 0.717) is 17.0 Å². The third-order valence-electron chi connectivity index (χ3n) is 2.44. The minimum atomic E-state index is -0.998. The molecule has 0 fully saturated rings. The van der Waals surface area contributed by atoms with E-state index in [1.54, 1.807) is 30.5 Å². The number of ether oxygens (including phenoxy) is 1. The summed E-state index contributed by atoms with van der Waals surface area (Å²) >= 11 is 0. The van der Waals surface area contributed by atoms with Crippen molar-refractivity contribution in [1.29, 1.82) is 0 Å². The third kappa shape index (κ3) is 2.42. The van der Waals surface area contributed by atoms with Gasteiger partial charge in [-0.05, 0) is 29.8 Å². The molecular formula is C13H12FNO2. The van der Waals surface area contributed by atoms with Crippen LogP contribution in [0, 0.1) is 5.82 Å². The van der Waals surface area contributed by atoms with Crippen molar-refractivity contribution < 1.29 is 14.2 Å². The first-order valence-corrected chi connectivity index (χ1v) is 5.15. The quantitative estimate of drug-likeness (QED) is 0.884. The average molecular weight is 233 g/mol. The van der Waals surface area contributed by atoms with Gasteiger partial charge in [0, 0.05) is 6.20 Å². The van der Waals surface area contributed by atoms with Crippen LogP contribution in [0.25, 0.3) is 0 Å². The normalized spacial score (nSPS) is 12.2. The zero-order valence-electron chi connectivity index (χ0n) is 9.30. The van der Waals surface area contributed by atoms with E-state index in [4.69, 9.17) is 4.74 Å². The van der Waals surface area contributed by atoms with E-state index < -0.39 is 11.9 Å². The van der Waals surface area contributed by atoms with Crippen molar-refractivity contribution in [3.63, 3.8) is 0 Å². The maximum Gasteiger partial charge on any atom is 0.143 e. The summed E-state index contributed by atoms with van der Waals surface area (Å²) in [6.45, 7) is 0. The minimum absolute atomic E-state index is 0.376. The van der Waals surface area contributed by atoms with Gasteiger partial charge in [-0.15, -0.1) is 0 Å². The Labute approximate surface area is 98.5 Å². The van der Waals surface area contributed by atoms with Gasteiger partial charge in [-0.25, -0.2) is 4.39 Å². The van der Waals surface area contributed by atoms with Crippen LogP contribution in [0.3, 0.4) is 0 Å². The molecule has 0 aliphatic heterocycles. The highest BCUT2D eigenvalue weighted by atomic mass is 19.1. The number of pyridine rings is 1. The first-order chi connectivity index (χ1) is 8.22. The molecule has 1 heterocycles. The fourth-order valence-electron chi connectivity index (χ4n) is 1.62. The highest BCUT2D eigenvalue weighted by molar-refractivity contribution is 5.35. The van der Waals surface area contributed by atoms with Crippen molar-refractivity contribution in [2.45, 2.75) is 6.10 Å². The fraction of sp³-hybridized carbons (Fsp3) is 0.154. The molecule has 1 aromatic carbocycles.